The van der Waals surface area contributed by atoms with E-state index < -0.39 is 15.9 Å². The number of nitrogens with zero attached hydrogens (tertiary/aromatic N) is 1. The first-order chi connectivity index (χ1) is 11.6. The summed E-state index contributed by atoms with van der Waals surface area (Å²) in [6, 6.07) is 6.90. The van der Waals surface area contributed by atoms with Crippen molar-refractivity contribution >= 4 is 15.9 Å². The molecule has 0 aliphatic rings. The van der Waals surface area contributed by atoms with Crippen LogP contribution in [0.4, 0.5) is 0 Å². The van der Waals surface area contributed by atoms with Crippen LogP contribution in [0.2, 0.25) is 0 Å². The van der Waals surface area contributed by atoms with E-state index in [0.29, 0.717) is 6.54 Å². The average molecular weight is 371 g/mol. The minimum absolute atomic E-state index is 0.0411. The highest BCUT2D eigenvalue weighted by Crippen LogP contribution is 2.25. The third-order valence-electron chi connectivity index (χ3n) is 4.08. The van der Waals surface area contributed by atoms with Crippen LogP contribution in [-0.4, -0.2) is 36.9 Å². The molecule has 0 bridgehead atoms. The Morgan fingerprint density at radius 3 is 2.20 bits per heavy atom. The lowest BCUT2D eigenvalue weighted by atomic mass is 9.87. The molecule has 2 N–H and O–H groups in total. The standard InChI is InChI=1S/C18H30N2O4S/c1-5-6-7-13-20(14-12-17(21)19-22)25(23,24)16-10-8-15(9-11-16)18(2,3)4/h8-11,22H,5-7,12-14H2,1-4H3,(H,19,21). The lowest BCUT2D eigenvalue weighted by molar-refractivity contribution is -0.129. The van der Waals surface area contributed by atoms with Crippen molar-refractivity contribution in [3.63, 3.8) is 0 Å². The number of hydroxylamine groups is 1. The minimum Gasteiger partial charge on any atom is -0.289 e. The van der Waals surface area contributed by atoms with Crippen molar-refractivity contribution in [1.82, 2.24) is 9.79 Å². The van der Waals surface area contributed by atoms with Gasteiger partial charge in [0.15, 0.2) is 0 Å². The lowest BCUT2D eigenvalue weighted by Crippen LogP contribution is -2.35. The van der Waals surface area contributed by atoms with E-state index >= 15 is 0 Å². The fourth-order valence-electron chi connectivity index (χ4n) is 2.45. The molecular formula is C18H30N2O4S. The molecule has 1 rings (SSSR count). The van der Waals surface area contributed by atoms with Gasteiger partial charge in [-0.05, 0) is 29.5 Å². The molecule has 0 atom stereocenters. The van der Waals surface area contributed by atoms with Crippen LogP contribution in [0.15, 0.2) is 29.2 Å². The van der Waals surface area contributed by atoms with E-state index in [9.17, 15) is 13.2 Å². The summed E-state index contributed by atoms with van der Waals surface area (Å²) in [5.74, 6) is -0.598. The van der Waals surface area contributed by atoms with E-state index in [-0.39, 0.29) is 23.3 Å². The molecule has 6 nitrogen and oxygen atoms in total. The maximum atomic E-state index is 12.9. The summed E-state index contributed by atoms with van der Waals surface area (Å²) >= 11 is 0. The van der Waals surface area contributed by atoms with Crippen molar-refractivity contribution in [3.05, 3.63) is 29.8 Å². The maximum Gasteiger partial charge on any atom is 0.244 e. The van der Waals surface area contributed by atoms with Gasteiger partial charge < -0.3 is 0 Å². The van der Waals surface area contributed by atoms with E-state index in [4.69, 9.17) is 5.21 Å². The molecule has 0 heterocycles. The second-order valence-electron chi connectivity index (χ2n) is 7.17. The third kappa shape index (κ3) is 6.41. The molecule has 0 unspecified atom stereocenters. The van der Waals surface area contributed by atoms with Gasteiger partial charge in [-0.25, -0.2) is 13.9 Å². The number of amides is 1. The van der Waals surface area contributed by atoms with Gasteiger partial charge in [-0.15, -0.1) is 0 Å². The number of sulfonamides is 1. The van der Waals surface area contributed by atoms with Crippen LogP contribution in [-0.2, 0) is 20.2 Å². The van der Waals surface area contributed by atoms with Crippen LogP contribution < -0.4 is 5.48 Å². The van der Waals surface area contributed by atoms with Gasteiger partial charge in [-0.3, -0.25) is 10.0 Å². The monoisotopic (exact) mass is 370 g/mol. The Hall–Kier alpha value is -1.44. The summed E-state index contributed by atoms with van der Waals surface area (Å²) in [6.07, 6.45) is 2.55. The SMILES string of the molecule is CCCCCN(CCC(=O)NO)S(=O)(=O)c1ccc(C(C)(C)C)cc1. The summed E-state index contributed by atoms with van der Waals surface area (Å²) in [7, 11) is -3.68. The number of hydrogen-bond acceptors (Lipinski definition) is 4. The molecule has 0 fully saturated rings. The van der Waals surface area contributed by atoms with Crippen LogP contribution >= 0.6 is 0 Å². The molecule has 0 spiro atoms. The molecule has 1 amide bonds. The van der Waals surface area contributed by atoms with Crippen LogP contribution in [0.1, 0.15) is 58.9 Å². The number of carbonyl (C=O) groups excluding carboxylic acids is 1. The Morgan fingerprint density at radius 2 is 1.72 bits per heavy atom. The van der Waals surface area contributed by atoms with Crippen LogP contribution in [0.3, 0.4) is 0 Å². The Bertz CT molecular complexity index is 649. The predicted octanol–water partition coefficient (Wildman–Crippen LogP) is 3.06. The molecular weight excluding hydrogens is 340 g/mol. The number of carbonyl (C=O) groups is 1. The highest BCUT2D eigenvalue weighted by Gasteiger charge is 2.25. The Kier molecular flexibility index (Phi) is 8.05. The molecule has 0 radical (unpaired) electrons. The summed E-state index contributed by atoms with van der Waals surface area (Å²) < 4.78 is 27.2. The first kappa shape index (κ1) is 21.6. The zero-order chi connectivity index (χ0) is 19.1. The second kappa shape index (κ2) is 9.31. The van der Waals surface area contributed by atoms with E-state index in [1.807, 2.05) is 19.1 Å². The van der Waals surface area contributed by atoms with E-state index in [0.717, 1.165) is 24.8 Å². The smallest absolute Gasteiger partial charge is 0.244 e. The molecule has 0 aliphatic heterocycles. The maximum absolute atomic E-state index is 12.9. The van der Waals surface area contributed by atoms with Gasteiger partial charge in [0, 0.05) is 19.5 Å². The molecule has 1 aromatic carbocycles. The van der Waals surface area contributed by atoms with Crippen molar-refractivity contribution < 1.29 is 18.4 Å². The zero-order valence-corrected chi connectivity index (χ0v) is 16.4. The lowest BCUT2D eigenvalue weighted by Gasteiger charge is -2.23. The Morgan fingerprint density at radius 1 is 1.12 bits per heavy atom. The summed E-state index contributed by atoms with van der Waals surface area (Å²) in [5.41, 5.74) is 2.55. The summed E-state index contributed by atoms with van der Waals surface area (Å²) in [5, 5.41) is 8.62. The minimum atomic E-state index is -3.68. The van der Waals surface area contributed by atoms with Crippen molar-refractivity contribution in [1.29, 1.82) is 0 Å². The number of benzene rings is 1. The Labute approximate surface area is 151 Å². The quantitative estimate of drug-likeness (QED) is 0.397. The van der Waals surface area contributed by atoms with E-state index in [2.05, 4.69) is 20.8 Å². The zero-order valence-electron chi connectivity index (χ0n) is 15.6. The summed E-state index contributed by atoms with van der Waals surface area (Å²) in [6.45, 7) is 8.65. The number of hydrogen-bond donors (Lipinski definition) is 2. The fourth-order valence-corrected chi connectivity index (χ4v) is 3.93. The molecule has 25 heavy (non-hydrogen) atoms. The highest BCUT2D eigenvalue weighted by atomic mass is 32.2. The van der Waals surface area contributed by atoms with Gasteiger partial charge in [0.25, 0.3) is 0 Å². The fraction of sp³-hybridized carbons (Fsp3) is 0.611. The Balaban J connectivity index is 3.01. The molecule has 0 saturated heterocycles. The van der Waals surface area contributed by atoms with Gasteiger partial charge in [0.05, 0.1) is 4.90 Å². The topological polar surface area (TPSA) is 86.7 Å². The van der Waals surface area contributed by atoms with Crippen molar-refractivity contribution in [2.75, 3.05) is 13.1 Å². The molecule has 0 aliphatic carbocycles. The van der Waals surface area contributed by atoms with Gasteiger partial charge in [0.2, 0.25) is 15.9 Å². The molecule has 1 aromatic rings. The van der Waals surface area contributed by atoms with Crippen molar-refractivity contribution in [2.24, 2.45) is 0 Å². The van der Waals surface area contributed by atoms with Gasteiger partial charge in [-0.2, -0.15) is 4.31 Å². The first-order valence-corrected chi connectivity index (χ1v) is 10.1. The van der Waals surface area contributed by atoms with Gasteiger partial charge >= 0.3 is 0 Å². The third-order valence-corrected chi connectivity index (χ3v) is 6.00. The van der Waals surface area contributed by atoms with Gasteiger partial charge in [-0.1, -0.05) is 52.7 Å². The normalized spacial score (nSPS) is 12.4. The summed E-state index contributed by atoms with van der Waals surface area (Å²) in [4.78, 5) is 11.5. The molecule has 7 heteroatoms. The number of rotatable bonds is 9. The molecule has 0 aromatic heterocycles. The van der Waals surface area contributed by atoms with E-state index in [1.165, 1.54) is 4.31 Å². The largest absolute Gasteiger partial charge is 0.289 e. The van der Waals surface area contributed by atoms with Gasteiger partial charge in [0.1, 0.15) is 0 Å². The molecule has 142 valence electrons. The van der Waals surface area contributed by atoms with Crippen LogP contribution in [0, 0.1) is 0 Å². The van der Waals surface area contributed by atoms with Crippen LogP contribution in [0.5, 0.6) is 0 Å². The van der Waals surface area contributed by atoms with E-state index in [1.54, 1.807) is 17.6 Å². The second-order valence-corrected chi connectivity index (χ2v) is 9.11. The van der Waals surface area contributed by atoms with Crippen molar-refractivity contribution in [2.45, 2.75) is 63.7 Å². The molecule has 0 saturated carbocycles. The number of nitrogens with one attached hydrogen (secondary N) is 1. The first-order valence-electron chi connectivity index (χ1n) is 8.66. The number of unbranched alkanes of at least 4 members (excludes halogenated alkanes) is 2. The predicted molar refractivity (Wildman–Crippen MR) is 98.0 cm³/mol. The highest BCUT2D eigenvalue weighted by molar-refractivity contribution is 7.89. The van der Waals surface area contributed by atoms with Crippen LogP contribution in [0.25, 0.3) is 0 Å². The average Bonchev–Trinajstić information content (AvgIpc) is 2.56. The van der Waals surface area contributed by atoms with Crippen molar-refractivity contribution in [3.8, 4) is 0 Å².